The Morgan fingerprint density at radius 2 is 0.772 bits per heavy atom. The number of carbonyl (C=O) groups excluding carboxylic acids is 8. The van der Waals surface area contributed by atoms with E-state index in [-0.39, 0.29) is 57.6 Å². The number of aliphatic hydroxyl groups excluding tert-OH is 1. The summed E-state index contributed by atoms with van der Waals surface area (Å²) in [5.41, 5.74) is 6.82. The van der Waals surface area contributed by atoms with Gasteiger partial charge in [0.05, 0.1) is 19.3 Å². The molecule has 4 aromatic rings. The lowest BCUT2D eigenvalue weighted by Gasteiger charge is -2.02. The third-order valence-electron chi connectivity index (χ3n) is 6.76. The third kappa shape index (κ3) is 69.1. The van der Waals surface area contributed by atoms with Crippen LogP contribution in [0.5, 0.6) is 0 Å². The number of methoxy groups -OCH3 is 1. The van der Waals surface area contributed by atoms with Gasteiger partial charge in [-0.25, -0.2) is 19.4 Å². The predicted octanol–water partition coefficient (Wildman–Crippen LogP) is 10.5. The molecule has 4 rings (SSSR count). The molecular formula is C59H80O20. The number of allylic oxidation sites excluding steroid dienone is 2. The number of aliphatic hydroxyl groups is 1. The van der Waals surface area contributed by atoms with E-state index in [2.05, 4.69) is 166 Å². The molecule has 0 aliphatic carbocycles. The van der Waals surface area contributed by atoms with Gasteiger partial charge in [0.1, 0.15) is 13.2 Å². The average Bonchev–Trinajstić information content (AvgIpc) is 3.37. The molecule has 0 bridgehead atoms. The Morgan fingerprint density at radius 1 is 0.494 bits per heavy atom. The monoisotopic (exact) mass is 1110 g/mol. The number of esters is 6. The number of rotatable bonds is 17. The summed E-state index contributed by atoms with van der Waals surface area (Å²) in [5.74, 6) is -3.58. The molecule has 0 amide bonds. The molecule has 0 aliphatic rings. The number of hydrogen-bond acceptors (Lipinski definition) is 19. The number of carbonyl (C=O) groups is 9. The van der Waals surface area contributed by atoms with Crippen LogP contribution in [0.4, 0.5) is 0 Å². The second kappa shape index (κ2) is 56.9. The summed E-state index contributed by atoms with van der Waals surface area (Å²) in [6.07, 6.45) is 0.0619. The molecule has 0 unspecified atom stereocenters. The highest BCUT2D eigenvalue weighted by molar-refractivity contribution is 5.87. The Morgan fingerprint density at radius 3 is 0.975 bits per heavy atom. The van der Waals surface area contributed by atoms with Gasteiger partial charge in [-0.05, 0) is 63.8 Å². The van der Waals surface area contributed by atoms with Crippen molar-refractivity contribution >= 4 is 54.0 Å². The molecule has 0 saturated carbocycles. The van der Waals surface area contributed by atoms with Gasteiger partial charge < -0.3 is 43.4 Å². The summed E-state index contributed by atoms with van der Waals surface area (Å²) in [4.78, 5) is 98.7. The topological polar surface area (TPSA) is 277 Å². The lowest BCUT2D eigenvalue weighted by molar-refractivity contribution is -0.322. The molecule has 0 aromatic heterocycles. The molecule has 79 heavy (non-hydrogen) atoms. The minimum atomic E-state index is -0.833. The zero-order chi connectivity index (χ0) is 60.7. The van der Waals surface area contributed by atoms with E-state index < -0.39 is 48.6 Å². The van der Waals surface area contributed by atoms with Crippen molar-refractivity contribution in [1.82, 2.24) is 0 Å². The molecule has 0 radical (unpaired) electrons. The normalized spacial score (nSPS) is 8.51. The summed E-state index contributed by atoms with van der Waals surface area (Å²) in [6, 6.07) is 41.6. The van der Waals surface area contributed by atoms with E-state index in [1.807, 2.05) is 38.1 Å². The van der Waals surface area contributed by atoms with Crippen LogP contribution in [-0.4, -0.2) is 105 Å². The van der Waals surface area contributed by atoms with Crippen LogP contribution in [0.3, 0.4) is 0 Å². The van der Waals surface area contributed by atoms with Gasteiger partial charge in [-0.2, -0.15) is 0 Å². The molecule has 0 atom stereocenters. The molecule has 0 heterocycles. The molecule has 0 fully saturated rings. The molecule has 20 nitrogen and oxygen atoms in total. The molecule has 0 spiro atoms. The first kappa shape index (κ1) is 81.5. The quantitative estimate of drug-likeness (QED) is 0.00949. The van der Waals surface area contributed by atoms with E-state index >= 15 is 0 Å². The van der Waals surface area contributed by atoms with Crippen LogP contribution in [0.1, 0.15) is 83.1 Å². The number of carboxylic acid groups (broad SMARTS) is 1. The number of Topliss-reactive ketones (excluding diaryl/α,β-unsaturated/α-hetero) is 1. The van der Waals surface area contributed by atoms with E-state index in [0.717, 1.165) is 6.92 Å². The second-order valence-electron chi connectivity index (χ2n) is 14.9. The Kier molecular flexibility index (Phi) is 58.7. The molecule has 2 N–H and O–H groups in total. The van der Waals surface area contributed by atoms with Crippen LogP contribution >= 0.6 is 0 Å². The van der Waals surface area contributed by atoms with Crippen LogP contribution in [0, 0.1) is 0 Å². The van der Waals surface area contributed by atoms with E-state index in [1.54, 1.807) is 6.92 Å². The highest BCUT2D eigenvalue weighted by Crippen LogP contribution is 2.18. The zero-order valence-electron chi connectivity index (χ0n) is 46.4. The SMILES string of the molecule is C.C=C(C)C.C=C(C)C(=O)OCOC(C)=O.C=C(C)C(=O)OCOC(C)=O.C=C(C)OC(=O)CCOC(C)=O.CC(=O)COOCO.CC(=O)O.COC=O.c1ccc(-c2ccccc2)cc1.c1ccc(-c2ccccc2)cc1. The first-order valence-corrected chi connectivity index (χ1v) is 22.9. The first-order chi connectivity index (χ1) is 36.7. The van der Waals surface area contributed by atoms with Gasteiger partial charge in [-0.1, -0.05) is 154 Å². The number of ether oxygens (including phenoxy) is 7. The van der Waals surface area contributed by atoms with Gasteiger partial charge in [-0.3, -0.25) is 33.6 Å². The van der Waals surface area contributed by atoms with Crippen molar-refractivity contribution in [2.45, 2.75) is 83.1 Å². The maximum Gasteiger partial charge on any atom is 0.335 e. The van der Waals surface area contributed by atoms with Crippen LogP contribution in [0.25, 0.3) is 22.3 Å². The standard InChI is InChI=1S/2C12H10.C8H12O4.2C7H10O4.C4H8O4.C4H8.2C2H4O2.CH4/c2*1-3-7-11(8-4-1)12-9-5-2-6-10-12;1-6(2)12-8(10)4-5-11-7(3)9;2*1-5(2)7(9)11-4-10-6(3)8;1-4(6)2-7-8-3-5;1-4(2)3;1-4-2-3;1-2(3)4;/h2*1-10H;1,4-5H2,2-3H3;2*1,4H2,2-3H3;5H,2-3H2,1H3;1H2,2-3H3;2H,1H3;1H3,(H,3,4);1H4. The molecule has 0 saturated heterocycles. The van der Waals surface area contributed by atoms with Gasteiger partial charge in [-0.15, -0.1) is 6.58 Å². The average molecular weight is 1110 g/mol. The van der Waals surface area contributed by atoms with Crippen molar-refractivity contribution in [2.24, 2.45) is 0 Å². The van der Waals surface area contributed by atoms with Gasteiger partial charge in [0.25, 0.3) is 12.4 Å². The Hall–Kier alpha value is -8.85. The fourth-order valence-electron chi connectivity index (χ4n) is 3.79. The van der Waals surface area contributed by atoms with Crippen LogP contribution < -0.4 is 0 Å². The van der Waals surface area contributed by atoms with Crippen molar-refractivity contribution in [3.8, 4) is 22.3 Å². The summed E-state index contributed by atoms with van der Waals surface area (Å²) < 4.78 is 30.5. The fraction of sp³-hybridized carbons (Fsp3) is 0.305. The largest absolute Gasteiger partial charge is 0.481 e. The molecule has 4 aromatic carbocycles. The second-order valence-corrected chi connectivity index (χ2v) is 14.9. The van der Waals surface area contributed by atoms with Crippen molar-refractivity contribution < 1.29 is 96.3 Å². The summed E-state index contributed by atoms with van der Waals surface area (Å²) >= 11 is 0. The summed E-state index contributed by atoms with van der Waals surface area (Å²) in [6.45, 7) is 27.5. The maximum absolute atomic E-state index is 10.8. The van der Waals surface area contributed by atoms with Crippen molar-refractivity contribution in [1.29, 1.82) is 0 Å². The number of aliphatic carboxylic acids is 1. The van der Waals surface area contributed by atoms with Crippen LogP contribution in [-0.2, 0) is 86.1 Å². The maximum atomic E-state index is 10.8. The third-order valence-corrected chi connectivity index (χ3v) is 6.76. The Bertz CT molecular complexity index is 2120. The van der Waals surface area contributed by atoms with E-state index in [4.69, 9.17) is 19.8 Å². The van der Waals surface area contributed by atoms with Crippen molar-refractivity contribution in [2.75, 3.05) is 40.7 Å². The summed E-state index contributed by atoms with van der Waals surface area (Å²) in [5, 5.41) is 15.3. The van der Waals surface area contributed by atoms with Crippen LogP contribution in [0.15, 0.2) is 170 Å². The summed E-state index contributed by atoms with van der Waals surface area (Å²) in [7, 11) is 1.31. The fourth-order valence-corrected chi connectivity index (χ4v) is 3.79. The van der Waals surface area contributed by atoms with Gasteiger partial charge in [0.15, 0.2) is 12.6 Å². The smallest absolute Gasteiger partial charge is 0.335 e. The highest BCUT2D eigenvalue weighted by atomic mass is 17.2. The minimum Gasteiger partial charge on any atom is -0.481 e. The molecule has 0 aliphatic heterocycles. The lowest BCUT2D eigenvalue weighted by atomic mass is 10.1. The number of ketones is 1. The Balaban J connectivity index is -0.000000194. The number of carboxylic acids is 1. The minimum absolute atomic E-state index is 0. The zero-order valence-corrected chi connectivity index (χ0v) is 46.4. The van der Waals surface area contributed by atoms with E-state index in [0.29, 0.717) is 12.2 Å². The van der Waals surface area contributed by atoms with Crippen LogP contribution in [0.2, 0.25) is 0 Å². The Labute approximate surface area is 465 Å². The highest BCUT2D eigenvalue weighted by Gasteiger charge is 2.05. The van der Waals surface area contributed by atoms with Gasteiger partial charge >= 0.3 is 35.8 Å². The van der Waals surface area contributed by atoms with E-state index in [9.17, 15) is 33.6 Å². The molecule has 436 valence electrons. The molecular weight excluding hydrogens is 1030 g/mol. The van der Waals surface area contributed by atoms with Gasteiger partial charge in [0, 0.05) is 38.8 Å². The number of hydrogen-bond donors (Lipinski definition) is 2. The van der Waals surface area contributed by atoms with Crippen molar-refractivity contribution in [3.63, 3.8) is 0 Å². The molecule has 20 heteroatoms. The van der Waals surface area contributed by atoms with Crippen molar-refractivity contribution in [3.05, 3.63) is 170 Å². The predicted molar refractivity (Wildman–Crippen MR) is 299 cm³/mol. The van der Waals surface area contributed by atoms with Gasteiger partial charge in [0.2, 0.25) is 13.6 Å². The first-order valence-electron chi connectivity index (χ1n) is 22.9. The van der Waals surface area contributed by atoms with E-state index in [1.165, 1.54) is 76.5 Å². The number of benzene rings is 4. The lowest BCUT2D eigenvalue weighted by Crippen LogP contribution is -2.10.